The predicted octanol–water partition coefficient (Wildman–Crippen LogP) is 2.54. The molecule has 11 heavy (non-hydrogen) atoms. The molecule has 0 heterocycles. The molecule has 1 nitrogen and oxygen atoms in total. The fourth-order valence-electron chi connectivity index (χ4n) is 1.70. The summed E-state index contributed by atoms with van der Waals surface area (Å²) in [6.45, 7) is 2.19. The number of rotatable bonds is 4. The van der Waals surface area contributed by atoms with Crippen LogP contribution in [0.3, 0.4) is 0 Å². The average molecular weight is 176 g/mol. The zero-order chi connectivity index (χ0) is 8.10. The van der Waals surface area contributed by atoms with Crippen molar-refractivity contribution in [3.63, 3.8) is 0 Å². The summed E-state index contributed by atoms with van der Waals surface area (Å²) in [6.07, 6.45) is 6.66. The Hall–Kier alpha value is 0.250. The van der Waals surface area contributed by atoms with Gasteiger partial charge in [0, 0.05) is 18.0 Å². The van der Waals surface area contributed by atoms with E-state index in [0.717, 1.165) is 18.3 Å². The van der Waals surface area contributed by atoms with Crippen LogP contribution in [0.15, 0.2) is 0 Å². The van der Waals surface area contributed by atoms with Gasteiger partial charge < -0.3 is 5.32 Å². The van der Waals surface area contributed by atoms with Crippen LogP contribution in [-0.2, 0) is 0 Å². The molecule has 1 aliphatic rings. The van der Waals surface area contributed by atoms with Gasteiger partial charge in [-0.25, -0.2) is 0 Å². The highest BCUT2D eigenvalue weighted by Gasteiger charge is 2.17. The zero-order valence-corrected chi connectivity index (χ0v) is 8.03. The minimum atomic E-state index is 0.541. The average Bonchev–Trinajstić information content (AvgIpc) is 2.52. The van der Waals surface area contributed by atoms with E-state index < -0.39 is 0 Å². The van der Waals surface area contributed by atoms with Crippen LogP contribution in [-0.4, -0.2) is 18.0 Å². The minimum absolute atomic E-state index is 0.541. The van der Waals surface area contributed by atoms with Crippen molar-refractivity contribution < 1.29 is 0 Å². The first kappa shape index (κ1) is 9.34. The summed E-state index contributed by atoms with van der Waals surface area (Å²) < 4.78 is 0. The van der Waals surface area contributed by atoms with Crippen LogP contribution < -0.4 is 5.32 Å². The SMILES string of the molecule is CCC(CCl)NC1CCCC1. The van der Waals surface area contributed by atoms with Gasteiger partial charge >= 0.3 is 0 Å². The van der Waals surface area contributed by atoms with E-state index in [-0.39, 0.29) is 0 Å². The number of alkyl halides is 1. The molecule has 66 valence electrons. The molecule has 2 heteroatoms. The van der Waals surface area contributed by atoms with Gasteiger partial charge in [-0.1, -0.05) is 19.8 Å². The summed E-state index contributed by atoms with van der Waals surface area (Å²) in [4.78, 5) is 0. The Bertz CT molecular complexity index is 95.7. The first-order valence-electron chi connectivity index (χ1n) is 4.68. The second kappa shape index (κ2) is 5.00. The molecule has 1 fully saturated rings. The van der Waals surface area contributed by atoms with Crippen molar-refractivity contribution in [2.75, 3.05) is 5.88 Å². The molecular formula is C9H18ClN. The zero-order valence-electron chi connectivity index (χ0n) is 7.28. The van der Waals surface area contributed by atoms with Crippen molar-refractivity contribution in [2.45, 2.75) is 51.1 Å². The molecule has 1 aliphatic carbocycles. The van der Waals surface area contributed by atoms with Gasteiger partial charge in [0.15, 0.2) is 0 Å². The Morgan fingerprint density at radius 3 is 2.55 bits per heavy atom. The van der Waals surface area contributed by atoms with Crippen molar-refractivity contribution in [1.29, 1.82) is 0 Å². The summed E-state index contributed by atoms with van der Waals surface area (Å²) >= 11 is 5.78. The van der Waals surface area contributed by atoms with Crippen molar-refractivity contribution >= 4 is 11.6 Å². The van der Waals surface area contributed by atoms with E-state index >= 15 is 0 Å². The smallest absolute Gasteiger partial charge is 0.0377 e. The molecule has 0 aliphatic heterocycles. The summed E-state index contributed by atoms with van der Waals surface area (Å²) in [6, 6.07) is 1.30. The molecule has 1 atom stereocenters. The molecule has 0 radical (unpaired) electrons. The molecule has 0 bridgehead atoms. The first-order valence-corrected chi connectivity index (χ1v) is 5.22. The van der Waals surface area contributed by atoms with E-state index in [2.05, 4.69) is 12.2 Å². The Morgan fingerprint density at radius 1 is 1.45 bits per heavy atom. The van der Waals surface area contributed by atoms with Crippen molar-refractivity contribution in [2.24, 2.45) is 0 Å². The molecule has 1 N–H and O–H groups in total. The van der Waals surface area contributed by atoms with Crippen LogP contribution >= 0.6 is 11.6 Å². The van der Waals surface area contributed by atoms with Gasteiger partial charge in [-0.05, 0) is 19.3 Å². The molecule has 0 amide bonds. The molecule has 0 aromatic heterocycles. The number of halogens is 1. The maximum Gasteiger partial charge on any atom is 0.0377 e. The van der Waals surface area contributed by atoms with Gasteiger partial charge in [0.25, 0.3) is 0 Å². The second-order valence-electron chi connectivity index (χ2n) is 3.41. The van der Waals surface area contributed by atoms with E-state index in [9.17, 15) is 0 Å². The highest BCUT2D eigenvalue weighted by Crippen LogP contribution is 2.18. The predicted molar refractivity (Wildman–Crippen MR) is 50.2 cm³/mol. The standard InChI is InChI=1S/C9H18ClN/c1-2-8(7-10)11-9-5-3-4-6-9/h8-9,11H,2-7H2,1H3. The number of nitrogens with one attached hydrogen (secondary N) is 1. The molecule has 0 aromatic carbocycles. The second-order valence-corrected chi connectivity index (χ2v) is 3.72. The Morgan fingerprint density at radius 2 is 2.09 bits per heavy atom. The van der Waals surface area contributed by atoms with E-state index in [0.29, 0.717) is 6.04 Å². The van der Waals surface area contributed by atoms with Crippen LogP contribution in [0.25, 0.3) is 0 Å². The van der Waals surface area contributed by atoms with E-state index in [4.69, 9.17) is 11.6 Å². The molecule has 0 spiro atoms. The quantitative estimate of drug-likeness (QED) is 0.648. The van der Waals surface area contributed by atoms with Crippen molar-refractivity contribution in [1.82, 2.24) is 5.32 Å². The monoisotopic (exact) mass is 175 g/mol. The molecule has 1 saturated carbocycles. The Balaban J connectivity index is 2.16. The van der Waals surface area contributed by atoms with E-state index in [1.54, 1.807) is 0 Å². The molecule has 1 unspecified atom stereocenters. The van der Waals surface area contributed by atoms with Crippen molar-refractivity contribution in [3.05, 3.63) is 0 Å². The van der Waals surface area contributed by atoms with Crippen LogP contribution in [0.4, 0.5) is 0 Å². The van der Waals surface area contributed by atoms with E-state index in [1.807, 2.05) is 0 Å². The minimum Gasteiger partial charge on any atom is -0.310 e. The van der Waals surface area contributed by atoms with Crippen LogP contribution in [0, 0.1) is 0 Å². The third-order valence-corrected chi connectivity index (χ3v) is 2.88. The molecule has 0 saturated heterocycles. The normalized spacial score (nSPS) is 22.4. The maximum absolute atomic E-state index is 5.78. The number of hydrogen-bond acceptors (Lipinski definition) is 1. The summed E-state index contributed by atoms with van der Waals surface area (Å²) in [7, 11) is 0. The van der Waals surface area contributed by atoms with Crippen LogP contribution in [0.5, 0.6) is 0 Å². The topological polar surface area (TPSA) is 12.0 Å². The lowest BCUT2D eigenvalue weighted by Crippen LogP contribution is -2.37. The lowest BCUT2D eigenvalue weighted by Gasteiger charge is -2.18. The highest BCUT2D eigenvalue weighted by molar-refractivity contribution is 6.18. The molecular weight excluding hydrogens is 158 g/mol. The first-order chi connectivity index (χ1) is 5.36. The fraction of sp³-hybridized carbons (Fsp3) is 1.00. The summed E-state index contributed by atoms with van der Waals surface area (Å²) in [5.74, 6) is 0.757. The highest BCUT2D eigenvalue weighted by atomic mass is 35.5. The third kappa shape index (κ3) is 3.00. The van der Waals surface area contributed by atoms with Crippen molar-refractivity contribution in [3.8, 4) is 0 Å². The largest absolute Gasteiger partial charge is 0.310 e. The third-order valence-electron chi connectivity index (χ3n) is 2.51. The summed E-state index contributed by atoms with van der Waals surface area (Å²) in [5, 5.41) is 3.58. The Labute approximate surface area is 74.5 Å². The van der Waals surface area contributed by atoms with Gasteiger partial charge in [-0.3, -0.25) is 0 Å². The molecule has 0 aromatic rings. The van der Waals surface area contributed by atoms with Gasteiger partial charge in [0.2, 0.25) is 0 Å². The van der Waals surface area contributed by atoms with Crippen LogP contribution in [0.2, 0.25) is 0 Å². The van der Waals surface area contributed by atoms with Gasteiger partial charge in [-0.15, -0.1) is 11.6 Å². The summed E-state index contributed by atoms with van der Waals surface area (Å²) in [5.41, 5.74) is 0. The lowest BCUT2D eigenvalue weighted by atomic mass is 10.2. The Kier molecular flexibility index (Phi) is 4.24. The lowest BCUT2D eigenvalue weighted by molar-refractivity contribution is 0.445. The van der Waals surface area contributed by atoms with Crippen LogP contribution in [0.1, 0.15) is 39.0 Å². The van der Waals surface area contributed by atoms with Gasteiger partial charge in [0.1, 0.15) is 0 Å². The fourth-order valence-corrected chi connectivity index (χ4v) is 2.00. The van der Waals surface area contributed by atoms with E-state index in [1.165, 1.54) is 25.7 Å². The van der Waals surface area contributed by atoms with Gasteiger partial charge in [0.05, 0.1) is 0 Å². The number of hydrogen-bond donors (Lipinski definition) is 1. The maximum atomic E-state index is 5.78. The molecule has 1 rings (SSSR count). The van der Waals surface area contributed by atoms with Gasteiger partial charge in [-0.2, -0.15) is 0 Å².